The maximum atomic E-state index is 5.38. The molecule has 0 aliphatic heterocycles. The van der Waals surface area contributed by atoms with Crippen LogP contribution in [0.3, 0.4) is 0 Å². The minimum Gasteiger partial charge on any atom is -0.475 e. The first-order valence-corrected chi connectivity index (χ1v) is 5.07. The molecule has 4 nitrogen and oxygen atoms in total. The fraction of sp³-hybridized carbons (Fsp3) is 0.222. The van der Waals surface area contributed by atoms with E-state index in [9.17, 15) is 0 Å². The van der Waals surface area contributed by atoms with Gasteiger partial charge in [-0.2, -0.15) is 0 Å². The zero-order valence-corrected chi connectivity index (χ0v) is 9.04. The molecule has 74 valence electrons. The molecule has 2 rings (SSSR count). The molecule has 0 bridgehead atoms. The highest BCUT2D eigenvalue weighted by Crippen LogP contribution is 2.25. The number of aromatic amines is 1. The third kappa shape index (κ3) is 1.73. The van der Waals surface area contributed by atoms with Gasteiger partial charge in [0.15, 0.2) is 0 Å². The Labute approximate surface area is 89.6 Å². The minimum absolute atomic E-state index is 0.479. The second kappa shape index (κ2) is 3.98. The number of rotatable bonds is 3. The standard InChI is InChI=1S/C9H10BrN3O/c10-6-1-2-8-7(5-6)9(13-12-8)14-4-3-11/h1-2,5H,3-4,11H2,(H,12,13). The lowest BCUT2D eigenvalue weighted by Crippen LogP contribution is -2.10. The topological polar surface area (TPSA) is 63.9 Å². The molecule has 0 aliphatic carbocycles. The van der Waals surface area contributed by atoms with Crippen molar-refractivity contribution in [2.45, 2.75) is 0 Å². The second-order valence-corrected chi connectivity index (χ2v) is 3.77. The molecule has 0 atom stereocenters. The zero-order chi connectivity index (χ0) is 9.97. The summed E-state index contributed by atoms with van der Waals surface area (Å²) in [6, 6.07) is 5.86. The van der Waals surface area contributed by atoms with Crippen LogP contribution in [0, 0.1) is 0 Å². The summed E-state index contributed by atoms with van der Waals surface area (Å²) in [4.78, 5) is 0. The SMILES string of the molecule is NCCOc1n[nH]c2ccc(Br)cc12. The fourth-order valence-electron chi connectivity index (χ4n) is 1.23. The smallest absolute Gasteiger partial charge is 0.240 e. The van der Waals surface area contributed by atoms with Gasteiger partial charge < -0.3 is 10.5 Å². The number of nitrogens with two attached hydrogens (primary N) is 1. The van der Waals surface area contributed by atoms with Crippen molar-refractivity contribution in [2.75, 3.05) is 13.2 Å². The molecule has 1 heterocycles. The molecule has 1 aromatic carbocycles. The van der Waals surface area contributed by atoms with Crippen molar-refractivity contribution in [2.24, 2.45) is 5.73 Å². The molecule has 0 spiro atoms. The van der Waals surface area contributed by atoms with E-state index < -0.39 is 0 Å². The minimum atomic E-state index is 0.479. The normalized spacial score (nSPS) is 10.7. The number of aromatic nitrogens is 2. The number of benzene rings is 1. The highest BCUT2D eigenvalue weighted by molar-refractivity contribution is 9.10. The van der Waals surface area contributed by atoms with E-state index in [2.05, 4.69) is 26.1 Å². The van der Waals surface area contributed by atoms with Gasteiger partial charge in [-0.15, -0.1) is 5.10 Å². The molecule has 0 saturated heterocycles. The van der Waals surface area contributed by atoms with Gasteiger partial charge in [-0.05, 0) is 18.2 Å². The first-order chi connectivity index (χ1) is 6.81. The van der Waals surface area contributed by atoms with Crippen LogP contribution in [0.25, 0.3) is 10.9 Å². The van der Waals surface area contributed by atoms with Crippen LogP contribution in [-0.4, -0.2) is 23.3 Å². The molecular weight excluding hydrogens is 246 g/mol. The predicted molar refractivity (Wildman–Crippen MR) is 58.3 cm³/mol. The van der Waals surface area contributed by atoms with Crippen LogP contribution >= 0.6 is 15.9 Å². The summed E-state index contributed by atoms with van der Waals surface area (Å²) >= 11 is 3.40. The number of hydrogen-bond donors (Lipinski definition) is 2. The summed E-state index contributed by atoms with van der Waals surface area (Å²) in [6.45, 7) is 0.967. The quantitative estimate of drug-likeness (QED) is 0.877. The van der Waals surface area contributed by atoms with E-state index in [4.69, 9.17) is 10.5 Å². The van der Waals surface area contributed by atoms with Crippen molar-refractivity contribution in [3.05, 3.63) is 22.7 Å². The van der Waals surface area contributed by atoms with Gasteiger partial charge in [0.1, 0.15) is 6.61 Å². The molecular formula is C9H10BrN3O. The maximum absolute atomic E-state index is 5.38. The molecule has 1 aromatic heterocycles. The van der Waals surface area contributed by atoms with Gasteiger partial charge >= 0.3 is 0 Å². The van der Waals surface area contributed by atoms with Gasteiger partial charge in [0.2, 0.25) is 5.88 Å². The zero-order valence-electron chi connectivity index (χ0n) is 7.46. The highest BCUT2D eigenvalue weighted by Gasteiger charge is 2.06. The number of ether oxygens (including phenoxy) is 1. The third-order valence-electron chi connectivity index (χ3n) is 1.85. The molecule has 0 unspecified atom stereocenters. The molecule has 0 aliphatic rings. The van der Waals surface area contributed by atoms with Gasteiger partial charge in [0, 0.05) is 11.0 Å². The molecule has 0 fully saturated rings. The Kier molecular flexibility index (Phi) is 2.69. The van der Waals surface area contributed by atoms with E-state index in [0.29, 0.717) is 19.0 Å². The summed E-state index contributed by atoms with van der Waals surface area (Å²) < 4.78 is 6.38. The lowest BCUT2D eigenvalue weighted by molar-refractivity contribution is 0.318. The van der Waals surface area contributed by atoms with Gasteiger partial charge in [-0.3, -0.25) is 5.10 Å². The van der Waals surface area contributed by atoms with Gasteiger partial charge in [-0.1, -0.05) is 15.9 Å². The molecule has 0 amide bonds. The first-order valence-electron chi connectivity index (χ1n) is 4.28. The van der Waals surface area contributed by atoms with Crippen LogP contribution in [0.2, 0.25) is 0 Å². The van der Waals surface area contributed by atoms with E-state index >= 15 is 0 Å². The average molecular weight is 256 g/mol. The summed E-state index contributed by atoms with van der Waals surface area (Å²) in [7, 11) is 0. The Morgan fingerprint density at radius 1 is 1.50 bits per heavy atom. The van der Waals surface area contributed by atoms with E-state index in [1.54, 1.807) is 0 Å². The van der Waals surface area contributed by atoms with Crippen molar-refractivity contribution in [3.63, 3.8) is 0 Å². The van der Waals surface area contributed by atoms with Crippen molar-refractivity contribution >= 4 is 26.8 Å². The van der Waals surface area contributed by atoms with Gasteiger partial charge in [0.25, 0.3) is 0 Å². The summed E-state index contributed by atoms with van der Waals surface area (Å²) in [5.74, 6) is 0.603. The number of fused-ring (bicyclic) bond motifs is 1. The molecule has 2 aromatic rings. The lowest BCUT2D eigenvalue weighted by atomic mass is 10.2. The Morgan fingerprint density at radius 2 is 2.36 bits per heavy atom. The Morgan fingerprint density at radius 3 is 3.14 bits per heavy atom. The fourth-order valence-corrected chi connectivity index (χ4v) is 1.59. The molecule has 14 heavy (non-hydrogen) atoms. The van der Waals surface area contributed by atoms with Crippen LogP contribution in [0.15, 0.2) is 22.7 Å². The summed E-state index contributed by atoms with van der Waals surface area (Å²) in [5, 5.41) is 7.90. The van der Waals surface area contributed by atoms with E-state index in [0.717, 1.165) is 15.4 Å². The van der Waals surface area contributed by atoms with Crippen molar-refractivity contribution < 1.29 is 4.74 Å². The van der Waals surface area contributed by atoms with E-state index in [-0.39, 0.29) is 0 Å². The Bertz CT molecular complexity index is 441. The molecule has 5 heteroatoms. The van der Waals surface area contributed by atoms with Crippen molar-refractivity contribution in [1.29, 1.82) is 0 Å². The van der Waals surface area contributed by atoms with E-state index in [1.807, 2.05) is 18.2 Å². The Hall–Kier alpha value is -1.07. The molecule has 0 saturated carbocycles. The second-order valence-electron chi connectivity index (χ2n) is 2.86. The number of halogens is 1. The lowest BCUT2D eigenvalue weighted by Gasteiger charge is -1.99. The summed E-state index contributed by atoms with van der Waals surface area (Å²) in [6.07, 6.45) is 0. The number of hydrogen-bond acceptors (Lipinski definition) is 3. The molecule has 3 N–H and O–H groups in total. The highest BCUT2D eigenvalue weighted by atomic mass is 79.9. The number of nitrogens with zero attached hydrogens (tertiary/aromatic N) is 1. The van der Waals surface area contributed by atoms with Crippen LogP contribution in [0.4, 0.5) is 0 Å². The first kappa shape index (κ1) is 9.48. The third-order valence-corrected chi connectivity index (χ3v) is 2.34. The van der Waals surface area contributed by atoms with Crippen LogP contribution < -0.4 is 10.5 Å². The maximum Gasteiger partial charge on any atom is 0.240 e. The average Bonchev–Trinajstić information content (AvgIpc) is 2.57. The monoisotopic (exact) mass is 255 g/mol. The van der Waals surface area contributed by atoms with Crippen LogP contribution in [0.1, 0.15) is 0 Å². The van der Waals surface area contributed by atoms with Crippen LogP contribution in [-0.2, 0) is 0 Å². The molecule has 0 radical (unpaired) electrons. The largest absolute Gasteiger partial charge is 0.475 e. The Balaban J connectivity index is 2.40. The van der Waals surface area contributed by atoms with Gasteiger partial charge in [-0.25, -0.2) is 0 Å². The van der Waals surface area contributed by atoms with Crippen molar-refractivity contribution in [3.8, 4) is 5.88 Å². The number of nitrogens with one attached hydrogen (secondary N) is 1. The summed E-state index contributed by atoms with van der Waals surface area (Å²) in [5.41, 5.74) is 6.31. The van der Waals surface area contributed by atoms with E-state index in [1.165, 1.54) is 0 Å². The van der Waals surface area contributed by atoms with Crippen molar-refractivity contribution in [1.82, 2.24) is 10.2 Å². The van der Waals surface area contributed by atoms with Gasteiger partial charge in [0.05, 0.1) is 10.9 Å². The number of H-pyrrole nitrogens is 1. The predicted octanol–water partition coefficient (Wildman–Crippen LogP) is 1.66. The van der Waals surface area contributed by atoms with Crippen LogP contribution in [0.5, 0.6) is 5.88 Å².